The van der Waals surface area contributed by atoms with Gasteiger partial charge in [-0.05, 0) is 70.1 Å². The summed E-state index contributed by atoms with van der Waals surface area (Å²) >= 11 is 0. The third-order valence-electron chi connectivity index (χ3n) is 6.40. The molecule has 5 rings (SSSR count). The first-order chi connectivity index (χ1) is 17.2. The zero-order valence-corrected chi connectivity index (χ0v) is 19.7. The van der Waals surface area contributed by atoms with Gasteiger partial charge in [0.05, 0.1) is 5.69 Å². The Bertz CT molecular complexity index is 1210. The zero-order chi connectivity index (χ0) is 25.3. The fourth-order valence-corrected chi connectivity index (χ4v) is 4.12. The van der Waals surface area contributed by atoms with Crippen molar-refractivity contribution in [2.45, 2.75) is 43.8 Å². The van der Waals surface area contributed by atoms with E-state index in [4.69, 9.17) is 0 Å². The van der Waals surface area contributed by atoms with Crippen molar-refractivity contribution in [1.82, 2.24) is 30.4 Å². The first kappa shape index (κ1) is 24.0. The number of aromatic nitrogens is 4. The van der Waals surface area contributed by atoms with Crippen LogP contribution in [0.4, 0.5) is 36.4 Å². The number of anilines is 4. The molecule has 0 spiro atoms. The number of rotatable bonds is 7. The minimum atomic E-state index is -4.64. The number of amides is 1. The molecule has 0 atom stereocenters. The van der Waals surface area contributed by atoms with Gasteiger partial charge < -0.3 is 20.9 Å². The summed E-state index contributed by atoms with van der Waals surface area (Å²) in [4.78, 5) is 22.7. The molecule has 2 aliphatic rings. The van der Waals surface area contributed by atoms with Crippen molar-refractivity contribution >= 4 is 29.2 Å². The molecule has 3 heterocycles. The average molecular weight is 501 g/mol. The highest BCUT2D eigenvalue weighted by Crippen LogP contribution is 2.40. The largest absolute Gasteiger partial charge is 0.421 e. The fraction of sp³-hybridized carbons (Fsp3) is 0.417. The highest BCUT2D eigenvalue weighted by atomic mass is 19.4. The number of hydrogen-bond acceptors (Lipinski definition) is 7. The van der Waals surface area contributed by atoms with Crippen molar-refractivity contribution < 1.29 is 18.0 Å². The maximum Gasteiger partial charge on any atom is 0.421 e. The van der Waals surface area contributed by atoms with E-state index in [1.54, 1.807) is 30.3 Å². The molecular formula is C24H27F3N8O. The molecule has 1 amide bonds. The van der Waals surface area contributed by atoms with Crippen LogP contribution in [0.25, 0.3) is 0 Å². The first-order valence-electron chi connectivity index (χ1n) is 11.9. The number of piperidine rings is 1. The van der Waals surface area contributed by atoms with Crippen LogP contribution in [-0.4, -0.2) is 57.2 Å². The predicted octanol–water partition coefficient (Wildman–Crippen LogP) is 4.41. The van der Waals surface area contributed by atoms with Gasteiger partial charge in [0, 0.05) is 35.5 Å². The van der Waals surface area contributed by atoms with Gasteiger partial charge in [-0.25, -0.2) is 4.98 Å². The van der Waals surface area contributed by atoms with Crippen molar-refractivity contribution in [3.8, 4) is 0 Å². The van der Waals surface area contributed by atoms with Crippen molar-refractivity contribution in [1.29, 1.82) is 0 Å². The lowest BCUT2D eigenvalue weighted by atomic mass is 10.0. The number of H-pyrrole nitrogens is 1. The number of hydrogen-bond donors (Lipinski definition) is 4. The summed E-state index contributed by atoms with van der Waals surface area (Å²) in [5.74, 6) is 0.123. The van der Waals surface area contributed by atoms with Crippen LogP contribution in [0.15, 0.2) is 36.5 Å². The molecule has 0 radical (unpaired) electrons. The molecule has 0 bridgehead atoms. The van der Waals surface area contributed by atoms with Crippen molar-refractivity contribution in [2.75, 3.05) is 30.8 Å². The topological polar surface area (TPSA) is 111 Å². The Morgan fingerprint density at radius 1 is 1.08 bits per heavy atom. The third kappa shape index (κ3) is 5.76. The zero-order valence-electron chi connectivity index (χ0n) is 19.7. The van der Waals surface area contributed by atoms with Crippen LogP contribution in [0.5, 0.6) is 0 Å². The molecule has 1 saturated carbocycles. The second-order valence-electron chi connectivity index (χ2n) is 9.31. The minimum absolute atomic E-state index is 0.0176. The van der Waals surface area contributed by atoms with Gasteiger partial charge in [0.25, 0.3) is 5.91 Å². The lowest BCUT2D eigenvalue weighted by molar-refractivity contribution is -0.137. The summed E-state index contributed by atoms with van der Waals surface area (Å²) in [6, 6.07) is 8.47. The standard InChI is InChI=1S/C24H27F3N8O/c1-35-10-8-17(9-11-35)29-22(36)15-4-6-16(7-5-15)30-23-28-13-18(24(25,26)27)21(32-23)31-20-12-19(33-34-20)14-2-3-14/h4-7,12-14,17H,2-3,8-11H2,1H3,(H,29,36)(H3,28,30,31,32,33,34). The number of carbonyl (C=O) groups is 1. The predicted molar refractivity (Wildman–Crippen MR) is 129 cm³/mol. The first-order valence-corrected chi connectivity index (χ1v) is 11.9. The van der Waals surface area contributed by atoms with Crippen LogP contribution in [0.3, 0.4) is 0 Å². The SMILES string of the molecule is CN1CCC(NC(=O)c2ccc(Nc3ncc(C(F)(F)F)c(Nc4cc(C5CC5)n[nH]4)n3)cc2)CC1. The lowest BCUT2D eigenvalue weighted by Crippen LogP contribution is -2.43. The van der Waals surface area contributed by atoms with Gasteiger partial charge >= 0.3 is 6.18 Å². The van der Waals surface area contributed by atoms with E-state index in [0.29, 0.717) is 23.0 Å². The highest BCUT2D eigenvalue weighted by molar-refractivity contribution is 5.94. The van der Waals surface area contributed by atoms with E-state index in [0.717, 1.165) is 50.7 Å². The number of halogens is 3. The Hall–Kier alpha value is -3.67. The lowest BCUT2D eigenvalue weighted by Gasteiger charge is -2.29. The molecule has 4 N–H and O–H groups in total. The molecule has 9 nitrogen and oxygen atoms in total. The van der Waals surface area contributed by atoms with E-state index in [9.17, 15) is 18.0 Å². The van der Waals surface area contributed by atoms with Gasteiger partial charge in [0.1, 0.15) is 17.2 Å². The molecule has 12 heteroatoms. The Balaban J connectivity index is 1.27. The van der Waals surface area contributed by atoms with E-state index in [1.807, 2.05) is 0 Å². The highest BCUT2D eigenvalue weighted by Gasteiger charge is 2.36. The van der Waals surface area contributed by atoms with Crippen LogP contribution >= 0.6 is 0 Å². The number of benzene rings is 1. The molecule has 1 saturated heterocycles. The molecule has 1 aliphatic carbocycles. The monoisotopic (exact) mass is 500 g/mol. The van der Waals surface area contributed by atoms with Crippen molar-refractivity contribution in [3.05, 3.63) is 53.3 Å². The fourth-order valence-electron chi connectivity index (χ4n) is 4.12. The van der Waals surface area contributed by atoms with Crippen LogP contribution in [0.1, 0.15) is 53.2 Å². The summed E-state index contributed by atoms with van der Waals surface area (Å²) < 4.78 is 40.7. The molecule has 0 unspecified atom stereocenters. The van der Waals surface area contributed by atoms with Gasteiger partial charge in [-0.1, -0.05) is 0 Å². The van der Waals surface area contributed by atoms with E-state index in [2.05, 4.69) is 48.1 Å². The molecular weight excluding hydrogens is 473 g/mol. The molecule has 2 fully saturated rings. The van der Waals surface area contributed by atoms with Crippen LogP contribution in [0.2, 0.25) is 0 Å². The van der Waals surface area contributed by atoms with Crippen LogP contribution < -0.4 is 16.0 Å². The Morgan fingerprint density at radius 3 is 2.47 bits per heavy atom. The van der Waals surface area contributed by atoms with Gasteiger partial charge in [-0.15, -0.1) is 0 Å². The van der Waals surface area contributed by atoms with Gasteiger partial charge in [-0.3, -0.25) is 9.89 Å². The Labute approximate surface area is 205 Å². The quantitative estimate of drug-likeness (QED) is 0.380. The summed E-state index contributed by atoms with van der Waals surface area (Å²) in [6.07, 6.45) is -0.0350. The maximum absolute atomic E-state index is 13.6. The molecule has 1 aliphatic heterocycles. The number of nitrogens with zero attached hydrogens (tertiary/aromatic N) is 4. The Morgan fingerprint density at radius 2 is 1.81 bits per heavy atom. The molecule has 36 heavy (non-hydrogen) atoms. The average Bonchev–Trinajstić information content (AvgIpc) is 3.59. The molecule has 3 aromatic rings. The van der Waals surface area contributed by atoms with Gasteiger partial charge in [0.15, 0.2) is 0 Å². The van der Waals surface area contributed by atoms with Crippen LogP contribution in [0, 0.1) is 0 Å². The maximum atomic E-state index is 13.6. The third-order valence-corrected chi connectivity index (χ3v) is 6.40. The smallest absolute Gasteiger partial charge is 0.349 e. The number of likely N-dealkylation sites (tertiary alicyclic amines) is 1. The molecule has 1 aromatic carbocycles. The Kier molecular flexibility index (Phi) is 6.52. The van der Waals surface area contributed by atoms with E-state index in [-0.39, 0.29) is 23.7 Å². The van der Waals surface area contributed by atoms with Crippen LogP contribution in [-0.2, 0) is 6.18 Å². The van der Waals surface area contributed by atoms with E-state index >= 15 is 0 Å². The summed E-state index contributed by atoms with van der Waals surface area (Å²) in [6.45, 7) is 1.89. The number of alkyl halides is 3. The van der Waals surface area contributed by atoms with Crippen molar-refractivity contribution in [2.24, 2.45) is 0 Å². The number of carbonyl (C=O) groups excluding carboxylic acids is 1. The summed E-state index contributed by atoms with van der Waals surface area (Å²) in [5, 5.41) is 15.5. The molecule has 190 valence electrons. The minimum Gasteiger partial charge on any atom is -0.349 e. The normalized spacial score (nSPS) is 17.1. The van der Waals surface area contributed by atoms with E-state index < -0.39 is 11.7 Å². The van der Waals surface area contributed by atoms with E-state index in [1.165, 1.54) is 0 Å². The van der Waals surface area contributed by atoms with Gasteiger partial charge in [0.2, 0.25) is 5.95 Å². The summed E-state index contributed by atoms with van der Waals surface area (Å²) in [5.41, 5.74) is 0.866. The van der Waals surface area contributed by atoms with Crippen molar-refractivity contribution in [3.63, 3.8) is 0 Å². The van der Waals surface area contributed by atoms with Gasteiger partial charge in [-0.2, -0.15) is 23.3 Å². The summed E-state index contributed by atoms with van der Waals surface area (Å²) in [7, 11) is 2.06. The number of aromatic amines is 1. The second kappa shape index (κ2) is 9.76. The molecule has 2 aromatic heterocycles. The second-order valence-corrected chi connectivity index (χ2v) is 9.31. The number of nitrogens with one attached hydrogen (secondary N) is 4.